The Balaban J connectivity index is 0.991. The molecule has 4 heterocycles. The fourth-order valence-corrected chi connectivity index (χ4v) is 13.5. The molecule has 3 fully saturated rings. The number of fused-ring (bicyclic) bond motifs is 1. The first-order valence-corrected chi connectivity index (χ1v) is 36.0. The molecule has 1 aromatic heterocycles. The average molecular weight is 1490 g/mol. The zero-order chi connectivity index (χ0) is 77.2. The van der Waals surface area contributed by atoms with Crippen molar-refractivity contribution in [1.29, 1.82) is 0 Å². The quantitative estimate of drug-likeness (QED) is 0.0250. The van der Waals surface area contributed by atoms with Crippen LogP contribution >= 0.6 is 11.8 Å². The van der Waals surface area contributed by atoms with Crippen LogP contribution in [0.25, 0.3) is 10.9 Å². The standard InChI is InChI=1S/C69H98N16O19S/c1-40(2)30-48(77-56(89)36-80(4)59(92)37-81(5)67(102)50(79-64(99)46(23-24-70)75-41(3)86)32-43-35-82(38-61(95)96)51-13-7-6-12-45(43)51)63(98)72-25-29-105-39-57(90)78-49(31-42-17-19-44(87)20-18-42)69(104)85-26-9-8-14-54(85)66(101)74-34-58(91)83-27-11-16-53(83)65(100)73-33-55(88)76-47(21-22-60(93)94)68(103)84-28-10-15-52(84)62(71)97/h6-7,12-13,17-20,35,40,46-50,52-54,87H,8-11,14-16,21-34,36-39,70H2,1-5H3,(H2,71,97)(H,72,98)(H,73,100)(H,74,101)(H,75,86)(H,76,88)(H,77,89)(H,78,90)(H,79,99)(H,93,94)(H,95,96)/t46-,47-,48-,49-,50-,52-,53-,54-/m0/s1. The number of hydrogen-bond donors (Lipinski definition) is 13. The Hall–Kier alpha value is -10.4. The molecule has 0 saturated carbocycles. The van der Waals surface area contributed by atoms with Gasteiger partial charge >= 0.3 is 11.9 Å². The first-order valence-electron chi connectivity index (χ1n) is 34.9. The molecule has 6 rings (SSSR count). The molecule has 3 saturated heterocycles. The number of aliphatic carboxylic acids is 2. The van der Waals surface area contributed by atoms with E-state index in [9.17, 15) is 92.0 Å². The van der Waals surface area contributed by atoms with Gasteiger partial charge in [0, 0.05) is 89.3 Å². The van der Waals surface area contributed by atoms with Crippen molar-refractivity contribution in [1.82, 2.24) is 71.6 Å². The molecule has 3 aliphatic heterocycles. The molecule has 15 N–H and O–H groups in total. The highest BCUT2D eigenvalue weighted by molar-refractivity contribution is 7.99. The van der Waals surface area contributed by atoms with Gasteiger partial charge in [0.1, 0.15) is 60.6 Å². The SMILES string of the molecule is CC(=O)N[C@@H](CCN)C(=O)N[C@@H](Cc1cn(CC(=O)O)c2ccccc12)C(=O)N(C)CC(=O)N(C)CC(=O)N[C@@H](CC(C)C)C(=O)NCCSCC(=O)N[C@@H](Cc1ccc(O)cc1)C(=O)N1CCCC[C@H]1C(=O)NCC(=O)N1CCC[C@H]1C(=O)NCC(=O)N[C@@H](CCC(=O)O)C(=O)N1CCC[C@H]1C(N)=O. The Kier molecular flexibility index (Phi) is 32.3. The number of amides is 14. The van der Waals surface area contributed by atoms with Crippen LogP contribution in [0.1, 0.15) is 103 Å². The van der Waals surface area contributed by atoms with Crippen molar-refractivity contribution in [3.05, 3.63) is 65.9 Å². The van der Waals surface area contributed by atoms with Gasteiger partial charge in [-0.1, -0.05) is 44.2 Å². The van der Waals surface area contributed by atoms with Gasteiger partial charge in [-0.25, -0.2) is 0 Å². The normalized spacial score (nSPS) is 17.0. The van der Waals surface area contributed by atoms with Crippen LogP contribution in [0.5, 0.6) is 5.75 Å². The summed E-state index contributed by atoms with van der Waals surface area (Å²) in [5.41, 5.74) is 12.8. The lowest BCUT2D eigenvalue weighted by atomic mass is 9.98. The van der Waals surface area contributed by atoms with Gasteiger partial charge in [-0.2, -0.15) is 11.8 Å². The van der Waals surface area contributed by atoms with E-state index in [2.05, 4.69) is 42.5 Å². The van der Waals surface area contributed by atoms with Crippen LogP contribution in [-0.2, 0) is 96.1 Å². The fraction of sp³-hybridized carbons (Fsp3) is 0.565. The van der Waals surface area contributed by atoms with Crippen molar-refractivity contribution in [2.75, 3.05) is 84.5 Å². The number of carbonyl (C=O) groups is 16. The lowest BCUT2D eigenvalue weighted by Gasteiger charge is -2.37. The summed E-state index contributed by atoms with van der Waals surface area (Å²) in [4.78, 5) is 218. The number of nitrogens with zero attached hydrogens (tertiary/aromatic N) is 6. The number of hydrogen-bond acceptors (Lipinski definition) is 19. The predicted octanol–water partition coefficient (Wildman–Crippen LogP) is -3.23. The molecular weight excluding hydrogens is 1390 g/mol. The minimum absolute atomic E-state index is 0.0129. The number of likely N-dealkylation sites (N-methyl/N-ethyl adjacent to an activating group) is 2. The van der Waals surface area contributed by atoms with Crippen LogP contribution in [0.3, 0.4) is 0 Å². The number of carbonyl (C=O) groups excluding carboxylic acids is 14. The number of nitrogens with one attached hydrogen (secondary N) is 8. The number of benzene rings is 2. The number of carboxylic acid groups (broad SMARTS) is 2. The van der Waals surface area contributed by atoms with Crippen LogP contribution in [-0.4, -0.2) is 272 Å². The monoisotopic (exact) mass is 1490 g/mol. The van der Waals surface area contributed by atoms with Gasteiger partial charge in [-0.15, -0.1) is 0 Å². The van der Waals surface area contributed by atoms with E-state index >= 15 is 0 Å². The number of rotatable bonds is 39. The lowest BCUT2D eigenvalue weighted by molar-refractivity contribution is -0.145. The minimum Gasteiger partial charge on any atom is -0.508 e. The molecule has 36 heteroatoms. The van der Waals surface area contributed by atoms with E-state index in [1.165, 1.54) is 52.4 Å². The number of aromatic nitrogens is 1. The van der Waals surface area contributed by atoms with Crippen molar-refractivity contribution in [2.24, 2.45) is 17.4 Å². The van der Waals surface area contributed by atoms with Crippen molar-refractivity contribution >= 4 is 117 Å². The van der Waals surface area contributed by atoms with Gasteiger partial charge in [-0.05, 0) is 106 Å². The van der Waals surface area contributed by atoms with Gasteiger partial charge in [0.2, 0.25) is 82.7 Å². The van der Waals surface area contributed by atoms with Crippen molar-refractivity contribution in [2.45, 2.75) is 159 Å². The number of nitrogens with two attached hydrogens (primary N) is 2. The van der Waals surface area contributed by atoms with E-state index in [1.807, 2.05) is 13.8 Å². The second-order valence-electron chi connectivity index (χ2n) is 26.7. The number of phenolic OH excluding ortho intramolecular Hbond substituents is 1. The molecule has 0 spiro atoms. The van der Waals surface area contributed by atoms with Crippen molar-refractivity contribution in [3.8, 4) is 5.75 Å². The fourth-order valence-electron chi connectivity index (χ4n) is 12.9. The number of primary amides is 1. The second kappa shape index (κ2) is 40.6. The molecule has 0 bridgehead atoms. The predicted molar refractivity (Wildman–Crippen MR) is 380 cm³/mol. The molecule has 0 aliphatic carbocycles. The smallest absolute Gasteiger partial charge is 0.323 e. The van der Waals surface area contributed by atoms with E-state index in [0.717, 1.165) is 21.6 Å². The van der Waals surface area contributed by atoms with Gasteiger partial charge in [0.05, 0.1) is 31.9 Å². The minimum atomic E-state index is -1.34. The number of aromatic hydroxyl groups is 1. The lowest BCUT2D eigenvalue weighted by Crippen LogP contribution is -2.59. The summed E-state index contributed by atoms with van der Waals surface area (Å²) >= 11 is 1.12. The maximum Gasteiger partial charge on any atom is 0.323 e. The number of likely N-dealkylation sites (tertiary alicyclic amines) is 3. The largest absolute Gasteiger partial charge is 0.508 e. The van der Waals surface area contributed by atoms with E-state index in [-0.39, 0.29) is 101 Å². The summed E-state index contributed by atoms with van der Waals surface area (Å²) in [7, 11) is 2.64. The number of carboxylic acids is 2. The van der Waals surface area contributed by atoms with Gasteiger partial charge in [0.15, 0.2) is 0 Å². The number of piperidine rings is 1. The van der Waals surface area contributed by atoms with E-state index in [1.54, 1.807) is 42.6 Å². The van der Waals surface area contributed by atoms with Crippen molar-refractivity contribution in [3.63, 3.8) is 0 Å². The Labute approximate surface area is 611 Å². The molecule has 8 atom stereocenters. The molecule has 35 nitrogen and oxygen atoms in total. The van der Waals surface area contributed by atoms with Gasteiger partial charge in [0.25, 0.3) is 0 Å². The molecule has 0 unspecified atom stereocenters. The third-order valence-electron chi connectivity index (χ3n) is 18.0. The zero-order valence-electron chi connectivity index (χ0n) is 59.7. The van der Waals surface area contributed by atoms with Crippen LogP contribution in [0, 0.1) is 5.92 Å². The van der Waals surface area contributed by atoms with E-state index in [4.69, 9.17) is 11.5 Å². The van der Waals surface area contributed by atoms with Crippen LogP contribution in [0.2, 0.25) is 0 Å². The molecule has 0 radical (unpaired) electrons. The highest BCUT2D eigenvalue weighted by atomic mass is 32.2. The van der Waals surface area contributed by atoms with Crippen molar-refractivity contribution < 1.29 is 92.0 Å². The average Bonchev–Trinajstić information content (AvgIpc) is 1.53. The maximum atomic E-state index is 14.6. The summed E-state index contributed by atoms with van der Waals surface area (Å²) in [6.45, 7) is 2.65. The van der Waals surface area contributed by atoms with E-state index in [0.29, 0.717) is 54.1 Å². The third kappa shape index (κ3) is 25.5. The van der Waals surface area contributed by atoms with E-state index < -0.39 is 182 Å². The molecule has 105 heavy (non-hydrogen) atoms. The zero-order valence-corrected chi connectivity index (χ0v) is 60.5. The third-order valence-corrected chi connectivity index (χ3v) is 19.0. The maximum absolute atomic E-state index is 14.6. The molecule has 574 valence electrons. The molecule has 2 aromatic carbocycles. The summed E-state index contributed by atoms with van der Waals surface area (Å²) in [6, 6.07) is 3.74. The highest BCUT2D eigenvalue weighted by Gasteiger charge is 2.41. The summed E-state index contributed by atoms with van der Waals surface area (Å²) in [5, 5.41) is 50.5. The first kappa shape index (κ1) is 83.6. The van der Waals surface area contributed by atoms with Gasteiger partial charge < -0.3 is 98.4 Å². The highest BCUT2D eigenvalue weighted by Crippen LogP contribution is 2.26. The summed E-state index contributed by atoms with van der Waals surface area (Å²) < 4.78 is 1.49. The van der Waals surface area contributed by atoms with Crippen LogP contribution in [0.4, 0.5) is 0 Å². The Morgan fingerprint density at radius 1 is 0.610 bits per heavy atom. The topological polar surface area (TPSA) is 503 Å². The molecule has 3 aromatic rings. The summed E-state index contributed by atoms with van der Waals surface area (Å²) in [5.74, 6) is -11.9. The number of para-hydroxylation sites is 1. The Bertz CT molecular complexity index is 3670. The van der Waals surface area contributed by atoms with Crippen LogP contribution < -0.4 is 54.0 Å². The molecular formula is C69H98N16O19S. The number of thioether (sulfide) groups is 1. The Morgan fingerprint density at radius 3 is 1.88 bits per heavy atom. The number of phenols is 1. The molecule has 14 amide bonds. The first-order chi connectivity index (χ1) is 49.8. The van der Waals surface area contributed by atoms with Crippen LogP contribution in [0.15, 0.2) is 54.7 Å². The summed E-state index contributed by atoms with van der Waals surface area (Å²) in [6.07, 6.45) is 3.43. The molecule has 3 aliphatic rings. The van der Waals surface area contributed by atoms with Gasteiger partial charge in [-0.3, -0.25) is 76.7 Å². The second-order valence-corrected chi connectivity index (χ2v) is 27.8. The Morgan fingerprint density at radius 2 is 1.22 bits per heavy atom.